The molecular weight excluding hydrogens is 357 g/mol. The standard InChI is InChI=1S/C13H18N3O8P/c14-9-5-11(24-10(9)7-17)16-6-8(12(18)15-13(16)19)3-1-2-4-23-25(20,21)22/h6,9-11,17H,2,4-5,7,14H2,(H,15,18,19)(H2,20,21,22). The third-order valence-electron chi connectivity index (χ3n) is 3.45. The first-order valence-electron chi connectivity index (χ1n) is 7.27. The van der Waals surface area contributed by atoms with Gasteiger partial charge in [0.05, 0.1) is 19.3 Å². The molecule has 0 bridgehead atoms. The number of nitrogens with zero attached hydrogens (tertiary/aromatic N) is 1. The van der Waals surface area contributed by atoms with E-state index in [0.29, 0.717) is 0 Å². The van der Waals surface area contributed by atoms with Crippen LogP contribution in [0.4, 0.5) is 0 Å². The molecule has 0 saturated carbocycles. The van der Waals surface area contributed by atoms with E-state index >= 15 is 0 Å². The molecule has 11 nitrogen and oxygen atoms in total. The van der Waals surface area contributed by atoms with Crippen LogP contribution in [0.3, 0.4) is 0 Å². The van der Waals surface area contributed by atoms with Crippen molar-refractivity contribution in [2.75, 3.05) is 13.2 Å². The van der Waals surface area contributed by atoms with Crippen LogP contribution in [0.5, 0.6) is 0 Å². The Balaban J connectivity index is 2.15. The third kappa shape index (κ3) is 5.35. The van der Waals surface area contributed by atoms with Crippen molar-refractivity contribution in [2.45, 2.75) is 31.2 Å². The molecule has 1 fully saturated rings. The number of H-pyrrole nitrogens is 1. The number of phosphoric ester groups is 1. The molecule has 2 rings (SSSR count). The number of nitrogens with two attached hydrogens (primary N) is 1. The Kier molecular flexibility index (Phi) is 6.31. The number of aliphatic hydroxyl groups excluding tert-OH is 1. The molecule has 1 aliphatic rings. The number of aromatic nitrogens is 2. The van der Waals surface area contributed by atoms with Gasteiger partial charge in [0.2, 0.25) is 0 Å². The zero-order valence-electron chi connectivity index (χ0n) is 13.0. The van der Waals surface area contributed by atoms with E-state index in [0.717, 1.165) is 4.57 Å². The van der Waals surface area contributed by atoms with Gasteiger partial charge in [-0.05, 0) is 0 Å². The summed E-state index contributed by atoms with van der Waals surface area (Å²) >= 11 is 0. The quantitative estimate of drug-likeness (QED) is 0.221. The molecule has 1 aliphatic heterocycles. The van der Waals surface area contributed by atoms with E-state index < -0.39 is 37.4 Å². The van der Waals surface area contributed by atoms with Gasteiger partial charge >= 0.3 is 13.5 Å². The first-order chi connectivity index (χ1) is 11.7. The average Bonchev–Trinajstić information content (AvgIpc) is 2.88. The first kappa shape index (κ1) is 19.6. The highest BCUT2D eigenvalue weighted by atomic mass is 31.2. The molecular formula is C13H18N3O8P. The van der Waals surface area contributed by atoms with Crippen molar-refractivity contribution >= 4 is 7.82 Å². The van der Waals surface area contributed by atoms with Gasteiger partial charge in [-0.25, -0.2) is 9.36 Å². The Morgan fingerprint density at radius 2 is 2.20 bits per heavy atom. The summed E-state index contributed by atoms with van der Waals surface area (Å²) in [5, 5.41) is 9.15. The molecule has 1 aromatic rings. The Morgan fingerprint density at radius 3 is 2.80 bits per heavy atom. The van der Waals surface area contributed by atoms with Crippen LogP contribution in [-0.4, -0.2) is 49.8 Å². The fraction of sp³-hybridized carbons (Fsp3) is 0.538. The normalized spacial score (nSPS) is 23.3. The fourth-order valence-electron chi connectivity index (χ4n) is 2.26. The van der Waals surface area contributed by atoms with E-state index in [2.05, 4.69) is 21.3 Å². The van der Waals surface area contributed by atoms with E-state index in [1.165, 1.54) is 6.20 Å². The van der Waals surface area contributed by atoms with Gasteiger partial charge in [0.25, 0.3) is 5.56 Å². The van der Waals surface area contributed by atoms with Crippen molar-refractivity contribution in [3.05, 3.63) is 32.6 Å². The molecule has 3 unspecified atom stereocenters. The van der Waals surface area contributed by atoms with Crippen molar-refractivity contribution in [1.82, 2.24) is 9.55 Å². The second-order valence-electron chi connectivity index (χ2n) is 5.30. The minimum absolute atomic E-state index is 0.0267. The number of ether oxygens (including phenoxy) is 1. The topological polar surface area (TPSA) is 177 Å². The maximum absolute atomic E-state index is 11.9. The lowest BCUT2D eigenvalue weighted by Crippen LogP contribution is -2.33. The van der Waals surface area contributed by atoms with Gasteiger partial charge in [0, 0.05) is 25.1 Å². The number of hydrogen-bond acceptors (Lipinski definition) is 7. The largest absolute Gasteiger partial charge is 0.469 e. The van der Waals surface area contributed by atoms with Crippen LogP contribution in [0.15, 0.2) is 15.8 Å². The summed E-state index contributed by atoms with van der Waals surface area (Å²) < 4.78 is 21.3. The second kappa shape index (κ2) is 8.07. The lowest BCUT2D eigenvalue weighted by Gasteiger charge is -2.14. The van der Waals surface area contributed by atoms with E-state index in [1.807, 2.05) is 0 Å². The zero-order chi connectivity index (χ0) is 18.6. The Hall–Kier alpha value is -1.77. The highest BCUT2D eigenvalue weighted by Crippen LogP contribution is 2.35. The maximum Gasteiger partial charge on any atom is 0.469 e. The molecule has 0 spiro atoms. The average molecular weight is 375 g/mol. The third-order valence-corrected chi connectivity index (χ3v) is 3.97. The smallest absolute Gasteiger partial charge is 0.394 e. The van der Waals surface area contributed by atoms with Crippen LogP contribution >= 0.6 is 7.82 Å². The minimum atomic E-state index is -4.56. The predicted octanol–water partition coefficient (Wildman–Crippen LogP) is -2.01. The van der Waals surface area contributed by atoms with E-state index in [1.54, 1.807) is 0 Å². The summed E-state index contributed by atoms with van der Waals surface area (Å²) in [6, 6.07) is -0.451. The Labute approximate surface area is 141 Å². The van der Waals surface area contributed by atoms with Crippen LogP contribution in [0.1, 0.15) is 24.6 Å². The molecule has 1 aromatic heterocycles. The maximum atomic E-state index is 11.9. The summed E-state index contributed by atoms with van der Waals surface area (Å²) in [6.45, 7) is -0.602. The lowest BCUT2D eigenvalue weighted by atomic mass is 10.1. The Morgan fingerprint density at radius 1 is 1.48 bits per heavy atom. The number of aliphatic hydroxyl groups is 1. The summed E-state index contributed by atoms with van der Waals surface area (Å²) in [4.78, 5) is 42.9. The number of hydrogen-bond donors (Lipinski definition) is 5. The van der Waals surface area contributed by atoms with Gasteiger partial charge in [0.15, 0.2) is 0 Å². The molecule has 138 valence electrons. The van der Waals surface area contributed by atoms with Crippen LogP contribution in [-0.2, 0) is 13.8 Å². The van der Waals surface area contributed by atoms with Crippen molar-refractivity contribution < 1.29 is 28.7 Å². The predicted molar refractivity (Wildman–Crippen MR) is 84.4 cm³/mol. The van der Waals surface area contributed by atoms with Crippen molar-refractivity contribution in [3.8, 4) is 11.8 Å². The molecule has 1 saturated heterocycles. The highest BCUT2D eigenvalue weighted by molar-refractivity contribution is 7.46. The fourth-order valence-corrected chi connectivity index (χ4v) is 2.59. The Bertz CT molecular complexity index is 832. The van der Waals surface area contributed by atoms with Gasteiger partial charge < -0.3 is 25.4 Å². The molecule has 6 N–H and O–H groups in total. The van der Waals surface area contributed by atoms with Crippen molar-refractivity contribution in [2.24, 2.45) is 5.73 Å². The van der Waals surface area contributed by atoms with Crippen molar-refractivity contribution in [3.63, 3.8) is 0 Å². The van der Waals surface area contributed by atoms with Gasteiger partial charge in [-0.1, -0.05) is 11.8 Å². The van der Waals surface area contributed by atoms with Crippen LogP contribution in [0.25, 0.3) is 0 Å². The van der Waals surface area contributed by atoms with E-state index in [-0.39, 0.29) is 31.6 Å². The minimum Gasteiger partial charge on any atom is -0.394 e. The number of rotatable bonds is 5. The molecule has 3 atom stereocenters. The highest BCUT2D eigenvalue weighted by Gasteiger charge is 2.33. The first-order valence-corrected chi connectivity index (χ1v) is 8.80. The summed E-state index contributed by atoms with van der Waals surface area (Å²) in [5.41, 5.74) is 4.38. The zero-order valence-corrected chi connectivity index (χ0v) is 13.9. The van der Waals surface area contributed by atoms with Crippen LogP contribution < -0.4 is 17.0 Å². The molecule has 0 aliphatic carbocycles. The molecule has 0 radical (unpaired) electrons. The van der Waals surface area contributed by atoms with Gasteiger partial charge in [-0.3, -0.25) is 18.9 Å². The molecule has 0 amide bonds. The molecule has 2 heterocycles. The molecule has 12 heteroatoms. The summed E-state index contributed by atoms with van der Waals surface area (Å²) in [5.74, 6) is 5.03. The lowest BCUT2D eigenvalue weighted by molar-refractivity contribution is -0.0271. The van der Waals surface area contributed by atoms with Crippen LogP contribution in [0.2, 0.25) is 0 Å². The SMILES string of the molecule is NC1CC(n2cc(C#CCCOP(=O)(O)O)c(=O)[nH]c2=O)OC1CO. The van der Waals surface area contributed by atoms with Gasteiger partial charge in [0.1, 0.15) is 11.8 Å². The number of nitrogens with one attached hydrogen (secondary N) is 1. The van der Waals surface area contributed by atoms with Gasteiger partial charge in [-0.15, -0.1) is 0 Å². The van der Waals surface area contributed by atoms with Crippen LogP contribution in [0, 0.1) is 11.8 Å². The van der Waals surface area contributed by atoms with E-state index in [4.69, 9.17) is 25.4 Å². The molecule has 25 heavy (non-hydrogen) atoms. The summed E-state index contributed by atoms with van der Waals surface area (Å²) in [7, 11) is -4.56. The number of aromatic amines is 1. The number of phosphoric acid groups is 1. The van der Waals surface area contributed by atoms with E-state index in [9.17, 15) is 14.2 Å². The monoisotopic (exact) mass is 375 g/mol. The molecule has 0 aromatic carbocycles. The van der Waals surface area contributed by atoms with Crippen molar-refractivity contribution in [1.29, 1.82) is 0 Å². The van der Waals surface area contributed by atoms with Gasteiger partial charge in [-0.2, -0.15) is 0 Å². The summed E-state index contributed by atoms with van der Waals surface area (Å²) in [6.07, 6.45) is 0.120. The second-order valence-corrected chi connectivity index (χ2v) is 6.54.